The summed E-state index contributed by atoms with van der Waals surface area (Å²) in [6.45, 7) is 1.55. The van der Waals surface area contributed by atoms with Gasteiger partial charge in [-0.15, -0.1) is 0 Å². The van der Waals surface area contributed by atoms with Gasteiger partial charge in [-0.3, -0.25) is 4.79 Å². The highest BCUT2D eigenvalue weighted by atomic mass is 79.9. The smallest absolute Gasteiger partial charge is 0.258 e. The Labute approximate surface area is 129 Å². The van der Waals surface area contributed by atoms with Crippen LogP contribution < -0.4 is 11.1 Å². The normalized spacial score (nSPS) is 10.4. The van der Waals surface area contributed by atoms with Crippen LogP contribution in [0.2, 0.25) is 5.02 Å². The van der Waals surface area contributed by atoms with Crippen LogP contribution in [0.1, 0.15) is 15.9 Å². The van der Waals surface area contributed by atoms with Gasteiger partial charge in [0.25, 0.3) is 5.91 Å². The van der Waals surface area contributed by atoms with Crippen LogP contribution in [0.3, 0.4) is 0 Å². The highest BCUT2D eigenvalue weighted by Crippen LogP contribution is 2.27. The molecule has 0 aliphatic heterocycles. The van der Waals surface area contributed by atoms with E-state index in [1.165, 1.54) is 12.1 Å². The average molecular weight is 358 g/mol. The standard InChI is InChI=1S/C14H11BrClFN2O/c1-7-4-9(18)6-10(13(7)17)14(20)19-12-5-8(15)2-3-11(12)16/h2-6H,18H2,1H3,(H,19,20). The molecule has 2 aromatic carbocycles. The number of nitrogen functional groups attached to an aromatic ring is 1. The van der Waals surface area contributed by atoms with Crippen molar-refractivity contribution in [3.8, 4) is 0 Å². The minimum absolute atomic E-state index is 0.112. The molecule has 2 rings (SSSR count). The van der Waals surface area contributed by atoms with Crippen molar-refractivity contribution in [2.45, 2.75) is 6.92 Å². The number of nitrogens with one attached hydrogen (secondary N) is 1. The molecule has 104 valence electrons. The molecule has 3 N–H and O–H groups in total. The minimum Gasteiger partial charge on any atom is -0.399 e. The van der Waals surface area contributed by atoms with Gasteiger partial charge in [0.2, 0.25) is 0 Å². The SMILES string of the molecule is Cc1cc(N)cc(C(=O)Nc2cc(Br)ccc2Cl)c1F. The van der Waals surface area contributed by atoms with Crippen molar-refractivity contribution in [3.63, 3.8) is 0 Å². The third-order valence-electron chi connectivity index (χ3n) is 2.70. The van der Waals surface area contributed by atoms with E-state index in [9.17, 15) is 9.18 Å². The summed E-state index contributed by atoms with van der Waals surface area (Å²) < 4.78 is 14.7. The zero-order valence-corrected chi connectivity index (χ0v) is 12.8. The molecule has 0 aliphatic carbocycles. The van der Waals surface area contributed by atoms with Crippen molar-refractivity contribution in [1.82, 2.24) is 0 Å². The van der Waals surface area contributed by atoms with Crippen LogP contribution in [0.4, 0.5) is 15.8 Å². The van der Waals surface area contributed by atoms with E-state index in [2.05, 4.69) is 21.2 Å². The number of nitrogens with two attached hydrogens (primary N) is 1. The van der Waals surface area contributed by atoms with Gasteiger partial charge in [0.05, 0.1) is 16.3 Å². The maximum Gasteiger partial charge on any atom is 0.258 e. The molecule has 0 heterocycles. The average Bonchev–Trinajstić information content (AvgIpc) is 2.38. The van der Waals surface area contributed by atoms with Gasteiger partial charge >= 0.3 is 0 Å². The zero-order valence-electron chi connectivity index (χ0n) is 10.5. The summed E-state index contributed by atoms with van der Waals surface area (Å²) in [5, 5.41) is 2.93. The van der Waals surface area contributed by atoms with Crippen molar-refractivity contribution in [2.75, 3.05) is 11.1 Å². The molecule has 6 heteroatoms. The topological polar surface area (TPSA) is 55.1 Å². The van der Waals surface area contributed by atoms with E-state index in [0.717, 1.165) is 4.47 Å². The maximum atomic E-state index is 14.0. The number of anilines is 2. The summed E-state index contributed by atoms with van der Waals surface area (Å²) in [5.41, 5.74) is 6.56. The minimum atomic E-state index is -0.599. The van der Waals surface area contributed by atoms with E-state index in [-0.39, 0.29) is 5.56 Å². The summed E-state index contributed by atoms with van der Waals surface area (Å²) in [6.07, 6.45) is 0. The molecule has 0 spiro atoms. The summed E-state index contributed by atoms with van der Waals surface area (Å²) >= 11 is 9.25. The molecular formula is C14H11BrClFN2O. The summed E-state index contributed by atoms with van der Waals surface area (Å²) in [5.74, 6) is -1.19. The van der Waals surface area contributed by atoms with Gasteiger partial charge in [-0.05, 0) is 42.8 Å². The number of rotatable bonds is 2. The van der Waals surface area contributed by atoms with E-state index in [1.54, 1.807) is 25.1 Å². The molecule has 20 heavy (non-hydrogen) atoms. The van der Waals surface area contributed by atoms with E-state index < -0.39 is 11.7 Å². The number of aryl methyl sites for hydroxylation is 1. The molecule has 0 unspecified atom stereocenters. The molecule has 2 aromatic rings. The quantitative estimate of drug-likeness (QED) is 0.783. The lowest BCUT2D eigenvalue weighted by Crippen LogP contribution is -2.15. The van der Waals surface area contributed by atoms with Gasteiger partial charge in [-0.1, -0.05) is 27.5 Å². The highest BCUT2D eigenvalue weighted by molar-refractivity contribution is 9.10. The van der Waals surface area contributed by atoms with Gasteiger partial charge in [-0.2, -0.15) is 0 Å². The first-order chi connectivity index (χ1) is 9.38. The van der Waals surface area contributed by atoms with Crippen LogP contribution in [-0.2, 0) is 0 Å². The third-order valence-corrected chi connectivity index (χ3v) is 3.52. The zero-order chi connectivity index (χ0) is 14.9. The summed E-state index contributed by atoms with van der Waals surface area (Å²) in [4.78, 5) is 12.1. The third kappa shape index (κ3) is 3.11. The van der Waals surface area contributed by atoms with E-state index >= 15 is 0 Å². The Hall–Kier alpha value is -1.59. The van der Waals surface area contributed by atoms with Crippen molar-refractivity contribution >= 4 is 44.8 Å². The summed E-state index contributed by atoms with van der Waals surface area (Å²) in [7, 11) is 0. The molecule has 0 saturated heterocycles. The monoisotopic (exact) mass is 356 g/mol. The van der Waals surface area contributed by atoms with Crippen LogP contribution in [0.15, 0.2) is 34.8 Å². The fraction of sp³-hybridized carbons (Fsp3) is 0.0714. The molecule has 0 atom stereocenters. The van der Waals surface area contributed by atoms with E-state index in [0.29, 0.717) is 22.0 Å². The second-order valence-corrected chi connectivity index (χ2v) is 5.60. The van der Waals surface area contributed by atoms with Crippen LogP contribution in [0, 0.1) is 12.7 Å². The molecule has 0 saturated carbocycles. The fourth-order valence-corrected chi connectivity index (χ4v) is 2.27. The molecule has 0 fully saturated rings. The van der Waals surface area contributed by atoms with Gasteiger partial charge < -0.3 is 11.1 Å². The van der Waals surface area contributed by atoms with Gasteiger partial charge in [0.15, 0.2) is 0 Å². The predicted octanol–water partition coefficient (Wildman–Crippen LogP) is 4.38. The lowest BCUT2D eigenvalue weighted by atomic mass is 10.1. The predicted molar refractivity (Wildman–Crippen MR) is 82.7 cm³/mol. The van der Waals surface area contributed by atoms with Crippen LogP contribution in [0.5, 0.6) is 0 Å². The fourth-order valence-electron chi connectivity index (χ4n) is 1.75. The van der Waals surface area contributed by atoms with Crippen LogP contribution in [0.25, 0.3) is 0 Å². The van der Waals surface area contributed by atoms with Crippen molar-refractivity contribution in [3.05, 3.63) is 56.8 Å². The van der Waals surface area contributed by atoms with Gasteiger partial charge in [-0.25, -0.2) is 4.39 Å². The van der Waals surface area contributed by atoms with Crippen LogP contribution >= 0.6 is 27.5 Å². The highest BCUT2D eigenvalue weighted by Gasteiger charge is 2.16. The van der Waals surface area contributed by atoms with E-state index in [1.807, 2.05) is 0 Å². The first kappa shape index (κ1) is 14.8. The summed E-state index contributed by atoms with van der Waals surface area (Å²) in [6, 6.07) is 7.77. The second-order valence-electron chi connectivity index (χ2n) is 4.28. The Morgan fingerprint density at radius 1 is 1.35 bits per heavy atom. The first-order valence-electron chi connectivity index (χ1n) is 5.70. The number of halogens is 3. The number of hydrogen-bond donors (Lipinski definition) is 2. The molecule has 0 aliphatic rings. The van der Waals surface area contributed by atoms with Crippen LogP contribution in [-0.4, -0.2) is 5.91 Å². The first-order valence-corrected chi connectivity index (χ1v) is 6.87. The Kier molecular flexibility index (Phi) is 4.30. The lowest BCUT2D eigenvalue weighted by molar-refractivity contribution is 0.102. The Morgan fingerprint density at radius 3 is 2.75 bits per heavy atom. The van der Waals surface area contributed by atoms with Crippen molar-refractivity contribution in [2.24, 2.45) is 0 Å². The van der Waals surface area contributed by atoms with Crippen molar-refractivity contribution in [1.29, 1.82) is 0 Å². The molecule has 3 nitrogen and oxygen atoms in total. The maximum absolute atomic E-state index is 14.0. The van der Waals surface area contributed by atoms with Gasteiger partial charge in [0.1, 0.15) is 5.82 Å². The number of hydrogen-bond acceptors (Lipinski definition) is 2. The Morgan fingerprint density at radius 2 is 2.05 bits per heavy atom. The largest absolute Gasteiger partial charge is 0.399 e. The van der Waals surface area contributed by atoms with Gasteiger partial charge in [0, 0.05) is 10.2 Å². The molecule has 0 bridgehead atoms. The number of carbonyl (C=O) groups excluding carboxylic acids is 1. The Balaban J connectivity index is 2.35. The number of benzene rings is 2. The number of carbonyl (C=O) groups is 1. The molecule has 0 aromatic heterocycles. The van der Waals surface area contributed by atoms with E-state index in [4.69, 9.17) is 17.3 Å². The number of amides is 1. The molecule has 1 amide bonds. The molecular weight excluding hydrogens is 347 g/mol. The van der Waals surface area contributed by atoms with Crippen molar-refractivity contribution < 1.29 is 9.18 Å². The second kappa shape index (κ2) is 5.81. The molecule has 0 radical (unpaired) electrons. The lowest BCUT2D eigenvalue weighted by Gasteiger charge is -2.10. The Bertz CT molecular complexity index is 691.